The quantitative estimate of drug-likeness (QED) is 0.655. The first-order chi connectivity index (χ1) is 9.15. The molecule has 0 unspecified atom stereocenters. The number of carbonyl (C=O) groups excluding carboxylic acids is 1. The summed E-state index contributed by atoms with van der Waals surface area (Å²) in [6, 6.07) is 3.54. The number of hydrazine groups is 1. The number of amides is 1. The molecule has 0 aliphatic heterocycles. The van der Waals surface area contributed by atoms with E-state index in [1.165, 1.54) is 0 Å². The van der Waals surface area contributed by atoms with Crippen LogP contribution in [-0.4, -0.2) is 29.4 Å². The van der Waals surface area contributed by atoms with Crippen molar-refractivity contribution in [2.24, 2.45) is 11.8 Å². The molecule has 1 aromatic heterocycles. The summed E-state index contributed by atoms with van der Waals surface area (Å²) in [6.45, 7) is 11.1. The highest BCUT2D eigenvalue weighted by Gasteiger charge is 2.20. The molecule has 0 bridgehead atoms. The number of hydrogen-bond donors (Lipinski definition) is 2. The average molecular weight is 278 g/mol. The molecule has 1 amide bonds. The van der Waals surface area contributed by atoms with E-state index in [2.05, 4.69) is 45.0 Å². The molecule has 0 aliphatic carbocycles. The van der Waals surface area contributed by atoms with Crippen molar-refractivity contribution >= 4 is 11.7 Å². The average Bonchev–Trinajstić information content (AvgIpc) is 2.35. The second-order valence-electron chi connectivity index (χ2n) is 6.60. The Kier molecular flexibility index (Phi) is 5.11. The molecule has 5 nitrogen and oxygen atoms in total. The molecule has 20 heavy (non-hydrogen) atoms. The maximum absolute atomic E-state index is 12.5. The molecule has 0 fully saturated rings. The number of carbonyl (C=O) groups is 1. The normalized spacial score (nSPS) is 11.6. The Morgan fingerprint density at radius 1 is 1.40 bits per heavy atom. The fraction of sp³-hybridized carbons (Fsp3) is 0.600. The van der Waals surface area contributed by atoms with E-state index in [1.807, 2.05) is 13.1 Å². The Bertz CT molecular complexity index is 477. The standard InChI is InChI=1S/C15H26N4O/c1-10(2)9-19(6)14(20)11-7-12(15(3,4)5)17-13(8-11)18-16/h7-8,10H,9,16H2,1-6H3,(H,17,18). The lowest BCUT2D eigenvalue weighted by Crippen LogP contribution is -2.31. The number of nitrogen functional groups attached to an aromatic ring is 1. The minimum absolute atomic E-state index is 0.0110. The summed E-state index contributed by atoms with van der Waals surface area (Å²) < 4.78 is 0. The van der Waals surface area contributed by atoms with Crippen LogP contribution in [0.4, 0.5) is 5.82 Å². The third-order valence-electron chi connectivity index (χ3n) is 2.97. The second kappa shape index (κ2) is 6.22. The van der Waals surface area contributed by atoms with Gasteiger partial charge in [0.1, 0.15) is 5.82 Å². The monoisotopic (exact) mass is 278 g/mol. The van der Waals surface area contributed by atoms with Gasteiger partial charge < -0.3 is 10.3 Å². The summed E-state index contributed by atoms with van der Waals surface area (Å²) in [5.74, 6) is 6.38. The van der Waals surface area contributed by atoms with Crippen molar-refractivity contribution in [3.05, 3.63) is 23.4 Å². The van der Waals surface area contributed by atoms with Gasteiger partial charge in [-0.15, -0.1) is 0 Å². The van der Waals surface area contributed by atoms with Crippen molar-refractivity contribution in [1.82, 2.24) is 9.88 Å². The maximum Gasteiger partial charge on any atom is 0.253 e. The Labute approximate surface area is 121 Å². The molecule has 112 valence electrons. The summed E-state index contributed by atoms with van der Waals surface area (Å²) >= 11 is 0. The Hall–Kier alpha value is -1.62. The number of nitrogens with two attached hydrogens (primary N) is 1. The van der Waals surface area contributed by atoms with Gasteiger partial charge in [0.05, 0.1) is 0 Å². The van der Waals surface area contributed by atoms with E-state index >= 15 is 0 Å². The van der Waals surface area contributed by atoms with Crippen LogP contribution >= 0.6 is 0 Å². The van der Waals surface area contributed by atoms with Gasteiger partial charge in [0, 0.05) is 30.3 Å². The summed E-state index contributed by atoms with van der Waals surface area (Å²) in [5, 5.41) is 0. The smallest absolute Gasteiger partial charge is 0.253 e. The fourth-order valence-corrected chi connectivity index (χ4v) is 1.96. The molecule has 1 heterocycles. The largest absolute Gasteiger partial charge is 0.341 e. The van der Waals surface area contributed by atoms with Gasteiger partial charge in [0.2, 0.25) is 0 Å². The van der Waals surface area contributed by atoms with Crippen molar-refractivity contribution in [3.8, 4) is 0 Å². The predicted molar refractivity (Wildman–Crippen MR) is 82.5 cm³/mol. The Morgan fingerprint density at radius 3 is 2.45 bits per heavy atom. The molecule has 1 aromatic rings. The van der Waals surface area contributed by atoms with Crippen LogP contribution in [0.15, 0.2) is 12.1 Å². The number of aromatic nitrogens is 1. The van der Waals surface area contributed by atoms with Gasteiger partial charge in [-0.25, -0.2) is 10.8 Å². The van der Waals surface area contributed by atoms with E-state index in [-0.39, 0.29) is 11.3 Å². The van der Waals surface area contributed by atoms with Crippen LogP contribution in [0.5, 0.6) is 0 Å². The first kappa shape index (κ1) is 16.4. The van der Waals surface area contributed by atoms with Crippen molar-refractivity contribution in [1.29, 1.82) is 0 Å². The zero-order chi connectivity index (χ0) is 15.5. The van der Waals surface area contributed by atoms with Crippen LogP contribution in [0.3, 0.4) is 0 Å². The fourth-order valence-electron chi connectivity index (χ4n) is 1.96. The number of nitrogens with zero attached hydrogens (tertiary/aromatic N) is 2. The third kappa shape index (κ3) is 4.20. The number of hydrogen-bond acceptors (Lipinski definition) is 4. The molecule has 0 saturated heterocycles. The van der Waals surface area contributed by atoms with Gasteiger partial charge in [-0.05, 0) is 18.1 Å². The van der Waals surface area contributed by atoms with Crippen molar-refractivity contribution < 1.29 is 4.79 Å². The van der Waals surface area contributed by atoms with E-state index in [0.29, 0.717) is 17.3 Å². The zero-order valence-electron chi connectivity index (χ0n) is 13.3. The first-order valence-corrected chi connectivity index (χ1v) is 6.89. The van der Waals surface area contributed by atoms with E-state index in [9.17, 15) is 4.79 Å². The predicted octanol–water partition coefficient (Wildman–Crippen LogP) is 2.39. The summed E-state index contributed by atoms with van der Waals surface area (Å²) in [7, 11) is 1.81. The lowest BCUT2D eigenvalue weighted by atomic mass is 9.90. The molecule has 0 aliphatic rings. The summed E-state index contributed by atoms with van der Waals surface area (Å²) in [5.41, 5.74) is 3.85. The van der Waals surface area contributed by atoms with E-state index in [0.717, 1.165) is 12.2 Å². The van der Waals surface area contributed by atoms with Crippen LogP contribution in [0.2, 0.25) is 0 Å². The van der Waals surface area contributed by atoms with Crippen molar-refractivity contribution in [2.45, 2.75) is 40.0 Å². The van der Waals surface area contributed by atoms with Crippen LogP contribution < -0.4 is 11.3 Å². The summed E-state index contributed by atoms with van der Waals surface area (Å²) in [4.78, 5) is 18.6. The number of anilines is 1. The van der Waals surface area contributed by atoms with Gasteiger partial charge in [0.25, 0.3) is 5.91 Å². The molecule has 0 radical (unpaired) electrons. The highest BCUT2D eigenvalue weighted by Crippen LogP contribution is 2.23. The van der Waals surface area contributed by atoms with Crippen LogP contribution in [0.25, 0.3) is 0 Å². The minimum Gasteiger partial charge on any atom is -0.341 e. The molecule has 0 atom stereocenters. The van der Waals surface area contributed by atoms with E-state index in [1.54, 1.807) is 11.0 Å². The molecule has 5 heteroatoms. The van der Waals surface area contributed by atoms with Gasteiger partial charge in [-0.3, -0.25) is 4.79 Å². The number of rotatable bonds is 4. The zero-order valence-corrected chi connectivity index (χ0v) is 13.3. The van der Waals surface area contributed by atoms with Gasteiger partial charge in [-0.2, -0.15) is 0 Å². The van der Waals surface area contributed by atoms with E-state index in [4.69, 9.17) is 5.84 Å². The first-order valence-electron chi connectivity index (χ1n) is 6.89. The SMILES string of the molecule is CC(C)CN(C)C(=O)c1cc(NN)nc(C(C)(C)C)c1. The molecule has 1 rings (SSSR count). The Morgan fingerprint density at radius 2 is 2.00 bits per heavy atom. The summed E-state index contributed by atoms with van der Waals surface area (Å²) in [6.07, 6.45) is 0. The number of pyridine rings is 1. The highest BCUT2D eigenvalue weighted by molar-refractivity contribution is 5.94. The lowest BCUT2D eigenvalue weighted by molar-refractivity contribution is 0.0779. The van der Waals surface area contributed by atoms with Gasteiger partial charge in [0.15, 0.2) is 0 Å². The van der Waals surface area contributed by atoms with E-state index < -0.39 is 0 Å². The molecule has 0 spiro atoms. The molecular formula is C15H26N4O. The van der Waals surface area contributed by atoms with Crippen LogP contribution in [0.1, 0.15) is 50.7 Å². The molecule has 0 saturated carbocycles. The highest BCUT2D eigenvalue weighted by atomic mass is 16.2. The van der Waals surface area contributed by atoms with Gasteiger partial charge in [-0.1, -0.05) is 34.6 Å². The maximum atomic E-state index is 12.5. The minimum atomic E-state index is -0.140. The van der Waals surface area contributed by atoms with Crippen molar-refractivity contribution in [3.63, 3.8) is 0 Å². The molecule has 0 aromatic carbocycles. The Balaban J connectivity index is 3.14. The lowest BCUT2D eigenvalue weighted by Gasteiger charge is -2.22. The second-order valence-corrected chi connectivity index (χ2v) is 6.60. The van der Waals surface area contributed by atoms with Crippen LogP contribution in [0, 0.1) is 5.92 Å². The molecule has 3 N–H and O–H groups in total. The molecular weight excluding hydrogens is 252 g/mol. The third-order valence-corrected chi connectivity index (χ3v) is 2.97. The van der Waals surface area contributed by atoms with Gasteiger partial charge >= 0.3 is 0 Å². The topological polar surface area (TPSA) is 71.2 Å². The van der Waals surface area contributed by atoms with Crippen molar-refractivity contribution in [2.75, 3.05) is 19.0 Å². The number of nitrogens with one attached hydrogen (secondary N) is 1. The van der Waals surface area contributed by atoms with Crippen LogP contribution in [-0.2, 0) is 5.41 Å².